The van der Waals surface area contributed by atoms with Crippen molar-refractivity contribution in [3.8, 4) is 0 Å². The van der Waals surface area contributed by atoms with Crippen LogP contribution >= 0.6 is 0 Å². The fraction of sp³-hybridized carbons (Fsp3) is 0.769. The maximum Gasteiger partial charge on any atom is 0.303 e. The zero-order chi connectivity index (χ0) is 10.9. The number of carbonyl (C=O) groups is 1. The molecule has 1 saturated carbocycles. The average molecular weight is 208 g/mol. The van der Waals surface area contributed by atoms with Crippen molar-refractivity contribution in [2.75, 3.05) is 0 Å². The molecule has 0 spiro atoms. The first kappa shape index (κ1) is 10.7. The van der Waals surface area contributed by atoms with Gasteiger partial charge in [-0.1, -0.05) is 13.0 Å². The van der Waals surface area contributed by atoms with Crippen LogP contribution in [0.1, 0.15) is 52.4 Å². The average Bonchev–Trinajstić information content (AvgIpc) is 2.16. The number of ether oxygens (including phenoxy) is 1. The highest BCUT2D eigenvalue weighted by Crippen LogP contribution is 2.47. The summed E-state index contributed by atoms with van der Waals surface area (Å²) in [5.74, 6) is -0.143. The quantitative estimate of drug-likeness (QED) is 0.488. The Balaban J connectivity index is 2.19. The van der Waals surface area contributed by atoms with Crippen LogP contribution in [-0.2, 0) is 9.53 Å². The molecule has 0 aromatic heterocycles. The molecular weight excluding hydrogens is 188 g/mol. The fourth-order valence-electron chi connectivity index (χ4n) is 3.09. The van der Waals surface area contributed by atoms with Crippen molar-refractivity contribution in [1.82, 2.24) is 0 Å². The Morgan fingerprint density at radius 3 is 2.93 bits per heavy atom. The molecule has 2 aliphatic rings. The van der Waals surface area contributed by atoms with Gasteiger partial charge in [-0.3, -0.25) is 4.79 Å². The standard InChI is InChI=1S/C13H20O2/c1-10(14)15-12-7-5-9-13(2)8-4-3-6-11(12)13/h6,12H,3-5,7-9H2,1-2H3/t12-,13-/m0/s1. The van der Waals surface area contributed by atoms with Gasteiger partial charge in [-0.15, -0.1) is 0 Å². The maximum atomic E-state index is 11.0. The van der Waals surface area contributed by atoms with Gasteiger partial charge in [-0.25, -0.2) is 0 Å². The molecule has 0 N–H and O–H groups in total. The number of hydrogen-bond acceptors (Lipinski definition) is 2. The molecule has 84 valence electrons. The Labute approximate surface area is 91.7 Å². The summed E-state index contributed by atoms with van der Waals surface area (Å²) in [6, 6.07) is 0. The highest BCUT2D eigenvalue weighted by atomic mass is 16.5. The zero-order valence-electron chi connectivity index (χ0n) is 9.71. The van der Waals surface area contributed by atoms with Gasteiger partial charge in [0.2, 0.25) is 0 Å². The first-order chi connectivity index (χ1) is 7.12. The van der Waals surface area contributed by atoms with Gasteiger partial charge >= 0.3 is 5.97 Å². The third-order valence-electron chi connectivity index (χ3n) is 3.84. The molecule has 0 amide bonds. The minimum Gasteiger partial charge on any atom is -0.458 e. The molecule has 2 heteroatoms. The largest absolute Gasteiger partial charge is 0.458 e. The van der Waals surface area contributed by atoms with E-state index in [-0.39, 0.29) is 12.1 Å². The van der Waals surface area contributed by atoms with Gasteiger partial charge in [0.15, 0.2) is 0 Å². The monoisotopic (exact) mass is 208 g/mol. The number of carbonyl (C=O) groups excluding carboxylic acids is 1. The molecule has 15 heavy (non-hydrogen) atoms. The van der Waals surface area contributed by atoms with Gasteiger partial charge < -0.3 is 4.74 Å². The van der Waals surface area contributed by atoms with E-state index in [9.17, 15) is 4.79 Å². The fourth-order valence-corrected chi connectivity index (χ4v) is 3.09. The first-order valence-corrected chi connectivity index (χ1v) is 5.99. The summed E-state index contributed by atoms with van der Waals surface area (Å²) in [5, 5.41) is 0. The van der Waals surface area contributed by atoms with E-state index in [4.69, 9.17) is 4.74 Å². The van der Waals surface area contributed by atoms with E-state index in [2.05, 4.69) is 13.0 Å². The summed E-state index contributed by atoms with van der Waals surface area (Å²) < 4.78 is 5.42. The van der Waals surface area contributed by atoms with Gasteiger partial charge in [0.25, 0.3) is 0 Å². The topological polar surface area (TPSA) is 26.3 Å². The predicted octanol–water partition coefficient (Wildman–Crippen LogP) is 3.22. The lowest BCUT2D eigenvalue weighted by Gasteiger charge is -2.43. The SMILES string of the molecule is CC(=O)O[C@H]1CCC[C@]2(C)CCCC=C12. The molecule has 0 heterocycles. The zero-order valence-corrected chi connectivity index (χ0v) is 9.71. The van der Waals surface area contributed by atoms with Gasteiger partial charge in [0.1, 0.15) is 6.10 Å². The van der Waals surface area contributed by atoms with E-state index in [0.717, 1.165) is 12.8 Å². The molecule has 0 aromatic rings. The second kappa shape index (κ2) is 3.99. The predicted molar refractivity (Wildman–Crippen MR) is 59.4 cm³/mol. The number of esters is 1. The Morgan fingerprint density at radius 2 is 2.20 bits per heavy atom. The molecular formula is C13H20O2. The van der Waals surface area contributed by atoms with E-state index < -0.39 is 0 Å². The van der Waals surface area contributed by atoms with Crippen LogP contribution in [0.3, 0.4) is 0 Å². The molecule has 2 nitrogen and oxygen atoms in total. The molecule has 0 bridgehead atoms. The summed E-state index contributed by atoms with van der Waals surface area (Å²) in [6.45, 7) is 3.84. The third-order valence-corrected chi connectivity index (χ3v) is 3.84. The Bertz CT molecular complexity index is 293. The van der Waals surface area contributed by atoms with E-state index >= 15 is 0 Å². The lowest BCUT2D eigenvalue weighted by molar-refractivity contribution is -0.146. The first-order valence-electron chi connectivity index (χ1n) is 5.99. The van der Waals surface area contributed by atoms with E-state index in [0.29, 0.717) is 5.41 Å². The van der Waals surface area contributed by atoms with Crippen molar-refractivity contribution >= 4 is 5.97 Å². The van der Waals surface area contributed by atoms with Crippen LogP contribution < -0.4 is 0 Å². The van der Waals surface area contributed by atoms with Crippen molar-refractivity contribution in [2.45, 2.75) is 58.5 Å². The lowest BCUT2D eigenvalue weighted by Crippen LogP contribution is -2.36. The van der Waals surface area contributed by atoms with Crippen LogP contribution in [0.2, 0.25) is 0 Å². The Kier molecular flexibility index (Phi) is 2.85. The van der Waals surface area contributed by atoms with Crippen molar-refractivity contribution < 1.29 is 9.53 Å². The molecule has 0 saturated heterocycles. The number of rotatable bonds is 1. The summed E-state index contributed by atoms with van der Waals surface area (Å²) >= 11 is 0. The number of hydrogen-bond donors (Lipinski definition) is 0. The summed E-state index contributed by atoms with van der Waals surface area (Å²) in [7, 11) is 0. The highest BCUT2D eigenvalue weighted by Gasteiger charge is 2.39. The van der Waals surface area contributed by atoms with Crippen molar-refractivity contribution in [3.05, 3.63) is 11.6 Å². The second-order valence-corrected chi connectivity index (χ2v) is 5.10. The van der Waals surface area contributed by atoms with Crippen LogP contribution in [0.25, 0.3) is 0 Å². The lowest BCUT2D eigenvalue weighted by atomic mass is 9.65. The van der Waals surface area contributed by atoms with E-state index in [1.165, 1.54) is 38.2 Å². The van der Waals surface area contributed by atoms with Gasteiger partial charge in [-0.2, -0.15) is 0 Å². The highest BCUT2D eigenvalue weighted by molar-refractivity contribution is 5.66. The van der Waals surface area contributed by atoms with Crippen LogP contribution in [0.4, 0.5) is 0 Å². The molecule has 0 aliphatic heterocycles. The molecule has 0 radical (unpaired) electrons. The minimum atomic E-state index is -0.143. The van der Waals surface area contributed by atoms with Crippen molar-refractivity contribution in [1.29, 1.82) is 0 Å². The Hall–Kier alpha value is -0.790. The number of allylic oxidation sites excluding steroid dienone is 1. The van der Waals surface area contributed by atoms with Gasteiger partial charge in [0, 0.05) is 6.92 Å². The van der Waals surface area contributed by atoms with Crippen LogP contribution in [0, 0.1) is 5.41 Å². The van der Waals surface area contributed by atoms with E-state index in [1.54, 1.807) is 0 Å². The van der Waals surface area contributed by atoms with Crippen LogP contribution in [0.15, 0.2) is 11.6 Å². The van der Waals surface area contributed by atoms with Crippen molar-refractivity contribution in [3.63, 3.8) is 0 Å². The second-order valence-electron chi connectivity index (χ2n) is 5.10. The molecule has 0 aromatic carbocycles. The van der Waals surface area contributed by atoms with Crippen molar-refractivity contribution in [2.24, 2.45) is 5.41 Å². The van der Waals surface area contributed by atoms with Crippen LogP contribution in [0.5, 0.6) is 0 Å². The molecule has 2 atom stereocenters. The molecule has 2 rings (SSSR count). The van der Waals surface area contributed by atoms with E-state index in [1.807, 2.05) is 0 Å². The molecule has 1 fully saturated rings. The molecule has 2 aliphatic carbocycles. The number of fused-ring (bicyclic) bond motifs is 1. The smallest absolute Gasteiger partial charge is 0.303 e. The summed E-state index contributed by atoms with van der Waals surface area (Å²) in [4.78, 5) is 11.0. The van der Waals surface area contributed by atoms with Gasteiger partial charge in [-0.05, 0) is 49.5 Å². The summed E-state index contributed by atoms with van der Waals surface area (Å²) in [6.07, 6.45) is 9.55. The van der Waals surface area contributed by atoms with Gasteiger partial charge in [0.05, 0.1) is 0 Å². The molecule has 0 unspecified atom stereocenters. The maximum absolute atomic E-state index is 11.0. The minimum absolute atomic E-state index is 0.0709. The Morgan fingerprint density at radius 1 is 1.47 bits per heavy atom. The summed E-state index contributed by atoms with van der Waals surface area (Å²) in [5.41, 5.74) is 1.71. The third kappa shape index (κ3) is 2.09. The normalized spacial score (nSPS) is 35.3. The van der Waals surface area contributed by atoms with Crippen LogP contribution in [-0.4, -0.2) is 12.1 Å².